The zero-order chi connectivity index (χ0) is 24.0. The van der Waals surface area contributed by atoms with Crippen LogP contribution in [0.3, 0.4) is 0 Å². The summed E-state index contributed by atoms with van der Waals surface area (Å²) in [5.74, 6) is 0. The number of benzene rings is 1. The number of amides is 1. The van der Waals surface area contributed by atoms with Gasteiger partial charge in [-0.3, -0.25) is 4.79 Å². The second-order valence-corrected chi connectivity index (χ2v) is 9.34. The molecule has 0 aliphatic carbocycles. The van der Waals surface area contributed by atoms with Crippen molar-refractivity contribution in [1.82, 2.24) is 5.32 Å². The molecule has 0 saturated heterocycles. The normalized spacial score (nSPS) is 14.2. The molecule has 0 aromatic heterocycles. The number of unbranched alkanes of at least 4 members (excludes halogenated alkanes) is 3. The Morgan fingerprint density at radius 3 is 2.03 bits per heavy atom. The maximum absolute atomic E-state index is 11.6. The van der Waals surface area contributed by atoms with Gasteiger partial charge >= 0.3 is 0 Å². The summed E-state index contributed by atoms with van der Waals surface area (Å²) in [5, 5.41) is 14.5. The average Bonchev–Trinajstić information content (AvgIpc) is 2.76. The van der Waals surface area contributed by atoms with Crippen LogP contribution in [0.2, 0.25) is 0 Å². The minimum absolute atomic E-state index is 0.0385. The highest BCUT2D eigenvalue weighted by molar-refractivity contribution is 5.48. The Morgan fingerprint density at radius 2 is 1.56 bits per heavy atom. The van der Waals surface area contributed by atoms with E-state index in [9.17, 15) is 9.90 Å². The Labute approximate surface area is 195 Å². The van der Waals surface area contributed by atoms with Crippen LogP contribution in [-0.2, 0) is 25.4 Å². The first kappa shape index (κ1) is 28.6. The van der Waals surface area contributed by atoms with Crippen molar-refractivity contribution in [3.05, 3.63) is 35.4 Å². The number of carbonyl (C=O) groups is 1. The van der Waals surface area contributed by atoms with Crippen LogP contribution in [0.5, 0.6) is 0 Å². The minimum atomic E-state index is -1.45. The van der Waals surface area contributed by atoms with Gasteiger partial charge in [-0.1, -0.05) is 50.5 Å². The highest BCUT2D eigenvalue weighted by Crippen LogP contribution is 2.32. The number of aliphatic hydroxyl groups is 1. The zero-order valence-electron chi connectivity index (χ0n) is 21.0. The Kier molecular flexibility index (Phi) is 13.1. The van der Waals surface area contributed by atoms with E-state index in [0.29, 0.717) is 19.6 Å². The van der Waals surface area contributed by atoms with E-state index in [1.54, 1.807) is 0 Å². The van der Waals surface area contributed by atoms with E-state index in [2.05, 4.69) is 24.4 Å². The largest absolute Gasteiger partial charge is 0.382 e. The van der Waals surface area contributed by atoms with Gasteiger partial charge in [0, 0.05) is 13.2 Å². The molecule has 6 nitrogen and oxygen atoms in total. The molecule has 32 heavy (non-hydrogen) atoms. The molecule has 1 amide bonds. The monoisotopic (exact) mass is 451 g/mol. The maximum atomic E-state index is 11.6. The molecule has 0 bridgehead atoms. The van der Waals surface area contributed by atoms with Crippen molar-refractivity contribution in [3.63, 3.8) is 0 Å². The zero-order valence-corrected chi connectivity index (χ0v) is 21.0. The first-order chi connectivity index (χ1) is 15.2. The quantitative estimate of drug-likeness (QED) is 0.268. The molecular weight excluding hydrogens is 406 g/mol. The van der Waals surface area contributed by atoms with Gasteiger partial charge in [0.2, 0.25) is 6.41 Å². The standard InChI is InChI=1S/C26H45NO5/c1-7-10-11-12-13-21-14-16-22(17-15-21)23(27-20-28)24(32-25(4,5)6)26(29,18-30-8-2)19-31-9-3/h14-17,20,23-24,29H,7-13,18-19H2,1-6H3,(H,27,28). The molecule has 0 spiro atoms. The fraction of sp³-hybridized carbons (Fsp3) is 0.731. The van der Waals surface area contributed by atoms with E-state index in [1.165, 1.54) is 31.2 Å². The lowest BCUT2D eigenvalue weighted by molar-refractivity contribution is -0.209. The van der Waals surface area contributed by atoms with Gasteiger partial charge in [-0.15, -0.1) is 0 Å². The van der Waals surface area contributed by atoms with Crippen molar-refractivity contribution in [3.8, 4) is 0 Å². The number of hydrogen-bond donors (Lipinski definition) is 2. The lowest BCUT2D eigenvalue weighted by Gasteiger charge is -2.43. The van der Waals surface area contributed by atoms with Gasteiger partial charge in [0.25, 0.3) is 0 Å². The molecule has 2 atom stereocenters. The van der Waals surface area contributed by atoms with Crippen molar-refractivity contribution in [2.75, 3.05) is 26.4 Å². The van der Waals surface area contributed by atoms with Crippen molar-refractivity contribution in [2.24, 2.45) is 0 Å². The van der Waals surface area contributed by atoms with Gasteiger partial charge in [-0.25, -0.2) is 0 Å². The van der Waals surface area contributed by atoms with Gasteiger partial charge in [0.05, 0.1) is 24.9 Å². The number of nitrogens with one attached hydrogen (secondary N) is 1. The number of hydrogen-bond acceptors (Lipinski definition) is 5. The summed E-state index contributed by atoms with van der Waals surface area (Å²) in [6.45, 7) is 12.7. The van der Waals surface area contributed by atoms with Gasteiger partial charge in [-0.05, 0) is 58.6 Å². The van der Waals surface area contributed by atoms with E-state index >= 15 is 0 Å². The summed E-state index contributed by atoms with van der Waals surface area (Å²) in [6.07, 6.45) is 5.79. The van der Waals surface area contributed by atoms with Crippen molar-refractivity contribution >= 4 is 6.41 Å². The highest BCUT2D eigenvalue weighted by atomic mass is 16.6. The van der Waals surface area contributed by atoms with E-state index in [-0.39, 0.29) is 13.2 Å². The lowest BCUT2D eigenvalue weighted by atomic mass is 9.87. The number of carbonyl (C=O) groups excluding carboxylic acids is 1. The molecular formula is C26H45NO5. The van der Waals surface area contributed by atoms with Crippen LogP contribution in [0, 0.1) is 0 Å². The highest BCUT2D eigenvalue weighted by Gasteiger charge is 2.45. The number of rotatable bonds is 17. The molecule has 0 radical (unpaired) electrons. The van der Waals surface area contributed by atoms with Crippen LogP contribution in [0.4, 0.5) is 0 Å². The fourth-order valence-corrected chi connectivity index (χ4v) is 3.71. The molecule has 1 aromatic carbocycles. The maximum Gasteiger partial charge on any atom is 0.207 e. The molecule has 1 aromatic rings. The molecule has 2 N–H and O–H groups in total. The van der Waals surface area contributed by atoms with Crippen LogP contribution in [0.15, 0.2) is 24.3 Å². The van der Waals surface area contributed by atoms with Gasteiger partial charge in [0.1, 0.15) is 11.7 Å². The summed E-state index contributed by atoms with van der Waals surface area (Å²) in [4.78, 5) is 11.6. The molecule has 0 heterocycles. The van der Waals surface area contributed by atoms with Crippen LogP contribution in [0.1, 0.15) is 84.4 Å². The summed E-state index contributed by atoms with van der Waals surface area (Å²) in [5.41, 5.74) is 0.134. The molecule has 0 saturated carbocycles. The van der Waals surface area contributed by atoms with Crippen molar-refractivity contribution < 1.29 is 24.1 Å². The molecule has 1 rings (SSSR count). The molecule has 0 aliphatic heterocycles. The lowest BCUT2D eigenvalue weighted by Crippen LogP contribution is -2.58. The Balaban J connectivity index is 3.24. The topological polar surface area (TPSA) is 77.0 Å². The van der Waals surface area contributed by atoms with E-state index in [0.717, 1.165) is 12.0 Å². The SMILES string of the molecule is CCCCCCc1ccc(C(NC=O)C(OC(C)(C)C)C(O)(COCC)COCC)cc1. The third kappa shape index (κ3) is 9.99. The second kappa shape index (κ2) is 14.6. The predicted octanol–water partition coefficient (Wildman–Crippen LogP) is 4.58. The summed E-state index contributed by atoms with van der Waals surface area (Å²) in [7, 11) is 0. The molecule has 2 unspecified atom stereocenters. The molecule has 184 valence electrons. The molecule has 0 aliphatic rings. The first-order valence-electron chi connectivity index (χ1n) is 12.0. The van der Waals surface area contributed by atoms with E-state index in [4.69, 9.17) is 14.2 Å². The van der Waals surface area contributed by atoms with Crippen LogP contribution >= 0.6 is 0 Å². The summed E-state index contributed by atoms with van der Waals surface area (Å²) < 4.78 is 17.6. The Bertz CT molecular complexity index is 618. The Morgan fingerprint density at radius 1 is 0.969 bits per heavy atom. The number of ether oxygens (including phenoxy) is 3. The van der Waals surface area contributed by atoms with E-state index in [1.807, 2.05) is 46.8 Å². The first-order valence-corrected chi connectivity index (χ1v) is 12.0. The summed E-state index contributed by atoms with van der Waals surface area (Å²) in [6, 6.07) is 7.65. The van der Waals surface area contributed by atoms with Crippen LogP contribution in [-0.4, -0.2) is 55.3 Å². The predicted molar refractivity (Wildman–Crippen MR) is 129 cm³/mol. The van der Waals surface area contributed by atoms with Crippen molar-refractivity contribution in [2.45, 2.75) is 97.0 Å². The van der Waals surface area contributed by atoms with Gasteiger partial charge in [-0.2, -0.15) is 0 Å². The molecule has 0 fully saturated rings. The van der Waals surface area contributed by atoms with Gasteiger partial charge in [0.15, 0.2) is 0 Å². The third-order valence-corrected chi connectivity index (χ3v) is 5.33. The summed E-state index contributed by atoms with van der Waals surface area (Å²) >= 11 is 0. The second-order valence-electron chi connectivity index (χ2n) is 9.34. The average molecular weight is 452 g/mol. The smallest absolute Gasteiger partial charge is 0.207 e. The molecule has 6 heteroatoms. The number of aryl methyl sites for hydroxylation is 1. The minimum Gasteiger partial charge on any atom is -0.382 e. The Hall–Kier alpha value is -1.47. The van der Waals surface area contributed by atoms with Gasteiger partial charge < -0.3 is 24.6 Å². The van der Waals surface area contributed by atoms with Crippen LogP contribution < -0.4 is 5.32 Å². The fourth-order valence-electron chi connectivity index (χ4n) is 3.71. The van der Waals surface area contributed by atoms with Crippen LogP contribution in [0.25, 0.3) is 0 Å². The van der Waals surface area contributed by atoms with E-state index < -0.39 is 23.3 Å². The third-order valence-electron chi connectivity index (χ3n) is 5.33. The van der Waals surface area contributed by atoms with Crippen molar-refractivity contribution in [1.29, 1.82) is 0 Å².